The Hall–Kier alpha value is -1.86. The molecule has 1 aliphatic rings. The van der Waals surface area contributed by atoms with E-state index in [9.17, 15) is 9.59 Å². The lowest BCUT2D eigenvalue weighted by atomic mass is 9.92. The Balaban J connectivity index is 1.43. The summed E-state index contributed by atoms with van der Waals surface area (Å²) in [6.45, 7) is 8.09. The molecule has 2 aromatic rings. The molecule has 2 amide bonds. The van der Waals surface area contributed by atoms with Crippen molar-refractivity contribution in [2.45, 2.75) is 27.2 Å². The number of anilines is 1. The van der Waals surface area contributed by atoms with Crippen molar-refractivity contribution >= 4 is 40.0 Å². The number of carbonyl (C=O) groups is 2. The van der Waals surface area contributed by atoms with Gasteiger partial charge in [0.25, 0.3) is 0 Å². The molecule has 1 saturated heterocycles. The average molecular weight is 418 g/mol. The number of aryl methyl sites for hydroxylation is 1. The monoisotopic (exact) mass is 417 g/mol. The number of piperidine rings is 1. The molecule has 28 heavy (non-hydrogen) atoms. The number of hydrogen-bond acceptors (Lipinski definition) is 5. The van der Waals surface area contributed by atoms with Gasteiger partial charge in [-0.2, -0.15) is 0 Å². The zero-order chi connectivity index (χ0) is 20.1. The van der Waals surface area contributed by atoms with E-state index in [4.69, 9.17) is 0 Å². The van der Waals surface area contributed by atoms with E-state index >= 15 is 0 Å². The Morgan fingerprint density at radius 2 is 1.86 bits per heavy atom. The van der Waals surface area contributed by atoms with Gasteiger partial charge in [0.2, 0.25) is 11.8 Å². The van der Waals surface area contributed by atoms with Gasteiger partial charge in [0, 0.05) is 24.0 Å². The zero-order valence-electron chi connectivity index (χ0n) is 16.6. The third-order valence-corrected chi connectivity index (χ3v) is 6.45. The molecule has 150 valence electrons. The summed E-state index contributed by atoms with van der Waals surface area (Å²) in [5.41, 5.74) is 3.09. The molecule has 0 spiro atoms. The topological polar surface area (TPSA) is 62.3 Å². The van der Waals surface area contributed by atoms with Gasteiger partial charge in [0.1, 0.15) is 0 Å². The van der Waals surface area contributed by atoms with Crippen LogP contribution in [0, 0.1) is 18.8 Å². The van der Waals surface area contributed by atoms with Crippen molar-refractivity contribution < 1.29 is 9.59 Å². The number of benzene rings is 1. The predicted molar refractivity (Wildman–Crippen MR) is 118 cm³/mol. The van der Waals surface area contributed by atoms with Crippen molar-refractivity contribution in [1.82, 2.24) is 9.88 Å². The van der Waals surface area contributed by atoms with E-state index in [1.165, 1.54) is 35.1 Å². The Kier molecular flexibility index (Phi) is 7.13. The second-order valence-electron chi connectivity index (χ2n) is 7.69. The van der Waals surface area contributed by atoms with Gasteiger partial charge < -0.3 is 10.2 Å². The van der Waals surface area contributed by atoms with Crippen molar-refractivity contribution in [2.75, 3.05) is 29.9 Å². The van der Waals surface area contributed by atoms with Gasteiger partial charge >= 0.3 is 0 Å². The maximum absolute atomic E-state index is 12.4. The fourth-order valence-corrected chi connectivity index (χ4v) is 4.98. The number of rotatable bonds is 6. The lowest BCUT2D eigenvalue weighted by Gasteiger charge is -2.35. The molecule has 1 aromatic carbocycles. The molecule has 2 heterocycles. The molecule has 1 fully saturated rings. The van der Waals surface area contributed by atoms with E-state index in [0.29, 0.717) is 22.7 Å². The van der Waals surface area contributed by atoms with Crippen LogP contribution in [0.3, 0.4) is 0 Å². The van der Waals surface area contributed by atoms with E-state index in [0.717, 1.165) is 24.3 Å². The number of hydrogen-bond donors (Lipinski definition) is 1. The Morgan fingerprint density at radius 3 is 2.54 bits per heavy atom. The molecule has 1 aromatic heterocycles. The van der Waals surface area contributed by atoms with E-state index in [1.54, 1.807) is 0 Å². The van der Waals surface area contributed by atoms with Crippen LogP contribution in [0.25, 0.3) is 11.3 Å². The summed E-state index contributed by atoms with van der Waals surface area (Å²) >= 11 is 2.78. The highest BCUT2D eigenvalue weighted by Gasteiger charge is 2.25. The van der Waals surface area contributed by atoms with Crippen molar-refractivity contribution in [1.29, 1.82) is 0 Å². The molecular weight excluding hydrogens is 390 g/mol. The zero-order valence-corrected chi connectivity index (χ0v) is 18.2. The largest absolute Gasteiger partial charge is 0.341 e. The summed E-state index contributed by atoms with van der Waals surface area (Å²) in [5.74, 6) is 1.71. The lowest BCUT2D eigenvalue weighted by Crippen LogP contribution is -2.43. The molecule has 0 radical (unpaired) electrons. The SMILES string of the molecule is Cc1ccc(-c2csc(NC(=O)CSCC(=O)N3C[C@H](C)C[C@@H](C)C3)n2)cc1. The minimum absolute atomic E-state index is 0.122. The van der Waals surface area contributed by atoms with Crippen LogP contribution in [-0.4, -0.2) is 46.3 Å². The number of amides is 2. The Labute approximate surface area is 174 Å². The minimum atomic E-state index is -0.122. The number of nitrogens with zero attached hydrogens (tertiary/aromatic N) is 2. The number of aromatic nitrogens is 1. The highest BCUT2D eigenvalue weighted by atomic mass is 32.2. The minimum Gasteiger partial charge on any atom is -0.341 e. The smallest absolute Gasteiger partial charge is 0.236 e. The van der Waals surface area contributed by atoms with Crippen LogP contribution in [0.5, 0.6) is 0 Å². The van der Waals surface area contributed by atoms with Crippen LogP contribution in [0.2, 0.25) is 0 Å². The third-order valence-electron chi connectivity index (χ3n) is 4.78. The number of thiazole rings is 1. The molecule has 5 nitrogen and oxygen atoms in total. The summed E-state index contributed by atoms with van der Waals surface area (Å²) < 4.78 is 0. The molecule has 1 aliphatic heterocycles. The van der Waals surface area contributed by atoms with Crippen LogP contribution in [-0.2, 0) is 9.59 Å². The van der Waals surface area contributed by atoms with Crippen LogP contribution >= 0.6 is 23.1 Å². The first kappa shape index (κ1) is 20.9. The van der Waals surface area contributed by atoms with Crippen molar-refractivity contribution in [2.24, 2.45) is 11.8 Å². The summed E-state index contributed by atoms with van der Waals surface area (Å²) in [6, 6.07) is 8.15. The molecule has 0 bridgehead atoms. The number of carbonyl (C=O) groups excluding carboxylic acids is 2. The van der Waals surface area contributed by atoms with Gasteiger partial charge in [-0.05, 0) is 25.2 Å². The lowest BCUT2D eigenvalue weighted by molar-refractivity contribution is -0.130. The van der Waals surface area contributed by atoms with Crippen LogP contribution in [0.15, 0.2) is 29.6 Å². The molecule has 0 aliphatic carbocycles. The van der Waals surface area contributed by atoms with Crippen molar-refractivity contribution in [3.8, 4) is 11.3 Å². The summed E-state index contributed by atoms with van der Waals surface area (Å²) in [5, 5.41) is 5.36. The standard InChI is InChI=1S/C21H27N3O2S2/c1-14-4-6-17(7-5-14)18-11-28-21(22-18)23-19(25)12-27-13-20(26)24-9-15(2)8-16(3)10-24/h4-7,11,15-16H,8-10,12-13H2,1-3H3,(H,22,23,25)/t15-,16-/m1/s1. The Bertz CT molecular complexity index is 809. The second kappa shape index (κ2) is 9.56. The summed E-state index contributed by atoms with van der Waals surface area (Å²) in [6.07, 6.45) is 1.18. The van der Waals surface area contributed by atoms with Gasteiger partial charge in [0.15, 0.2) is 5.13 Å². The first-order valence-electron chi connectivity index (χ1n) is 9.58. The Morgan fingerprint density at radius 1 is 1.18 bits per heavy atom. The predicted octanol–water partition coefficient (Wildman–Crippen LogP) is 4.29. The second-order valence-corrected chi connectivity index (χ2v) is 9.53. The number of nitrogens with one attached hydrogen (secondary N) is 1. The van der Waals surface area contributed by atoms with Gasteiger partial charge in [-0.15, -0.1) is 23.1 Å². The maximum Gasteiger partial charge on any atom is 0.236 e. The van der Waals surface area contributed by atoms with E-state index in [-0.39, 0.29) is 17.6 Å². The first-order chi connectivity index (χ1) is 13.4. The quantitative estimate of drug-likeness (QED) is 0.761. The fourth-order valence-electron chi connectivity index (χ4n) is 3.53. The molecule has 0 saturated carbocycles. The van der Waals surface area contributed by atoms with Crippen LogP contribution < -0.4 is 5.32 Å². The maximum atomic E-state index is 12.4. The molecular formula is C21H27N3O2S2. The molecule has 2 atom stereocenters. The highest BCUT2D eigenvalue weighted by Crippen LogP contribution is 2.25. The first-order valence-corrected chi connectivity index (χ1v) is 11.6. The van der Waals surface area contributed by atoms with E-state index in [2.05, 4.69) is 24.1 Å². The summed E-state index contributed by atoms with van der Waals surface area (Å²) in [7, 11) is 0. The van der Waals surface area contributed by atoms with Gasteiger partial charge in [-0.25, -0.2) is 4.98 Å². The van der Waals surface area contributed by atoms with Crippen molar-refractivity contribution in [3.63, 3.8) is 0 Å². The normalized spacial score (nSPS) is 19.5. The third kappa shape index (κ3) is 5.82. The van der Waals surface area contributed by atoms with Gasteiger partial charge in [-0.3, -0.25) is 9.59 Å². The average Bonchev–Trinajstić information content (AvgIpc) is 3.09. The van der Waals surface area contributed by atoms with Crippen molar-refractivity contribution in [3.05, 3.63) is 35.2 Å². The van der Waals surface area contributed by atoms with Crippen LogP contribution in [0.4, 0.5) is 5.13 Å². The molecule has 3 rings (SSSR count). The number of thioether (sulfide) groups is 1. The molecule has 1 N–H and O–H groups in total. The van der Waals surface area contributed by atoms with E-state index in [1.807, 2.05) is 41.5 Å². The summed E-state index contributed by atoms with van der Waals surface area (Å²) in [4.78, 5) is 31.0. The molecule has 0 unspecified atom stereocenters. The highest BCUT2D eigenvalue weighted by molar-refractivity contribution is 8.00. The fraction of sp³-hybridized carbons (Fsp3) is 0.476. The van der Waals surface area contributed by atoms with Gasteiger partial charge in [0.05, 0.1) is 17.2 Å². The van der Waals surface area contributed by atoms with E-state index < -0.39 is 0 Å². The number of likely N-dealkylation sites (tertiary alicyclic amines) is 1. The van der Waals surface area contributed by atoms with Crippen LogP contribution in [0.1, 0.15) is 25.8 Å². The van der Waals surface area contributed by atoms with Gasteiger partial charge in [-0.1, -0.05) is 43.7 Å². The molecule has 7 heteroatoms.